The van der Waals surface area contributed by atoms with Crippen molar-refractivity contribution in [3.63, 3.8) is 0 Å². The number of nitrogens with one attached hydrogen (secondary N) is 2. The van der Waals surface area contributed by atoms with Crippen molar-refractivity contribution in [1.29, 1.82) is 0 Å². The SMILES string of the molecule is NC1=NCCC(C(=CC(=O)O)C(CCC(CCCC(O)CCCCCCO)c2ccc3ccccc3c2)[N-]c2ccc[nH]2)N1. The van der Waals surface area contributed by atoms with E-state index in [-0.39, 0.29) is 30.7 Å². The molecule has 2 heterocycles. The monoisotopic (exact) mass is 602 g/mol. The molecule has 0 spiro atoms. The molecule has 0 saturated carbocycles. The third-order valence-electron chi connectivity index (χ3n) is 8.54. The predicted octanol–water partition coefficient (Wildman–Crippen LogP) is 6.27. The average Bonchev–Trinajstić information content (AvgIpc) is 3.54. The zero-order chi connectivity index (χ0) is 31.1. The molecule has 9 heteroatoms. The molecule has 2 aromatic carbocycles. The Morgan fingerprint density at radius 1 is 0.977 bits per heavy atom. The topological polar surface area (TPSA) is 158 Å². The van der Waals surface area contributed by atoms with E-state index in [0.717, 1.165) is 57.8 Å². The molecule has 1 aliphatic heterocycles. The number of carbonyl (C=O) groups is 1. The first-order valence-corrected chi connectivity index (χ1v) is 16.1. The molecular formula is C35H48N5O4-. The fraction of sp³-hybridized carbons (Fsp3) is 0.486. The van der Waals surface area contributed by atoms with Crippen LogP contribution in [0, 0.1) is 0 Å². The Morgan fingerprint density at radius 3 is 2.52 bits per heavy atom. The summed E-state index contributed by atoms with van der Waals surface area (Å²) in [5, 5.41) is 40.0. The first kappa shape index (κ1) is 33.1. The molecule has 9 nitrogen and oxygen atoms in total. The van der Waals surface area contributed by atoms with Gasteiger partial charge in [0.15, 0.2) is 5.96 Å². The number of aromatic nitrogens is 1. The fourth-order valence-corrected chi connectivity index (χ4v) is 6.19. The Morgan fingerprint density at radius 2 is 1.77 bits per heavy atom. The van der Waals surface area contributed by atoms with E-state index in [1.807, 2.05) is 24.4 Å². The van der Waals surface area contributed by atoms with Crippen LogP contribution in [0.1, 0.15) is 82.1 Å². The molecule has 4 atom stereocenters. The van der Waals surface area contributed by atoms with Crippen LogP contribution in [0.2, 0.25) is 0 Å². The van der Waals surface area contributed by atoms with Crippen molar-refractivity contribution < 1.29 is 20.1 Å². The summed E-state index contributed by atoms with van der Waals surface area (Å²) in [7, 11) is 0. The number of guanidine groups is 1. The first-order chi connectivity index (χ1) is 21.4. The van der Waals surface area contributed by atoms with Crippen molar-refractivity contribution in [1.82, 2.24) is 10.3 Å². The van der Waals surface area contributed by atoms with Gasteiger partial charge in [-0.05, 0) is 78.8 Å². The highest BCUT2D eigenvalue weighted by atomic mass is 16.4. The maximum atomic E-state index is 12.0. The number of nitrogens with two attached hydrogens (primary N) is 1. The van der Waals surface area contributed by atoms with Crippen LogP contribution in [0.25, 0.3) is 16.1 Å². The summed E-state index contributed by atoms with van der Waals surface area (Å²) in [6, 6.07) is 18.1. The summed E-state index contributed by atoms with van der Waals surface area (Å²) in [4.78, 5) is 19.4. The molecule has 0 amide bonds. The number of aliphatic carboxylic acids is 1. The quantitative estimate of drug-likeness (QED) is 0.0701. The number of unbranched alkanes of at least 4 members (excludes halogenated alkanes) is 3. The van der Waals surface area contributed by atoms with Gasteiger partial charge in [0, 0.05) is 19.2 Å². The van der Waals surface area contributed by atoms with Crippen LogP contribution in [0.3, 0.4) is 0 Å². The highest BCUT2D eigenvalue weighted by molar-refractivity contribution is 5.84. The number of fused-ring (bicyclic) bond motifs is 1. The van der Waals surface area contributed by atoms with E-state index in [1.165, 1.54) is 22.4 Å². The van der Waals surface area contributed by atoms with Crippen molar-refractivity contribution in [3.05, 3.63) is 83.3 Å². The van der Waals surface area contributed by atoms with Gasteiger partial charge in [0.25, 0.3) is 0 Å². The van der Waals surface area contributed by atoms with Crippen molar-refractivity contribution in [3.8, 4) is 0 Å². The second-order valence-electron chi connectivity index (χ2n) is 11.8. The summed E-state index contributed by atoms with van der Waals surface area (Å²) in [6.45, 7) is 0.754. The number of hydrogen-bond acceptors (Lipinski definition) is 6. The number of nitrogens with zero attached hydrogens (tertiary/aromatic N) is 2. The lowest BCUT2D eigenvalue weighted by atomic mass is 9.84. The lowest BCUT2D eigenvalue weighted by Gasteiger charge is -2.35. The zero-order valence-corrected chi connectivity index (χ0v) is 25.6. The van der Waals surface area contributed by atoms with Crippen LogP contribution >= 0.6 is 0 Å². The van der Waals surface area contributed by atoms with E-state index in [0.29, 0.717) is 36.7 Å². The van der Waals surface area contributed by atoms with Gasteiger partial charge in [-0.3, -0.25) is 4.99 Å². The molecule has 0 aliphatic carbocycles. The number of H-pyrrole nitrogens is 1. The molecule has 0 saturated heterocycles. The number of aliphatic imine (C=N–C) groups is 1. The van der Waals surface area contributed by atoms with Gasteiger partial charge in [-0.2, -0.15) is 0 Å². The van der Waals surface area contributed by atoms with Gasteiger partial charge >= 0.3 is 5.97 Å². The van der Waals surface area contributed by atoms with Crippen LogP contribution in [-0.4, -0.2) is 63.6 Å². The number of rotatable bonds is 19. The largest absolute Gasteiger partial charge is 0.478 e. The highest BCUT2D eigenvalue weighted by Gasteiger charge is 2.25. The Bertz CT molecular complexity index is 1360. The number of aromatic amines is 1. The molecule has 0 fully saturated rings. The number of carboxylic acids is 1. The summed E-state index contributed by atoms with van der Waals surface area (Å²) in [5.74, 6) is 0.228. The van der Waals surface area contributed by atoms with Crippen LogP contribution in [0.4, 0.5) is 5.82 Å². The third kappa shape index (κ3) is 10.4. The van der Waals surface area contributed by atoms with Crippen molar-refractivity contribution >= 4 is 28.5 Å². The van der Waals surface area contributed by atoms with Crippen LogP contribution in [0.5, 0.6) is 0 Å². The maximum Gasteiger partial charge on any atom is 0.328 e. The van der Waals surface area contributed by atoms with Crippen molar-refractivity contribution in [2.45, 2.75) is 94.7 Å². The number of carboxylic acid groups (broad SMARTS) is 1. The molecule has 4 rings (SSSR count). The molecule has 44 heavy (non-hydrogen) atoms. The Kier molecular flexibility index (Phi) is 13.1. The number of aliphatic hydroxyl groups is 2. The van der Waals surface area contributed by atoms with Gasteiger partial charge in [-0.15, -0.1) is 0 Å². The smallest absolute Gasteiger partial charge is 0.328 e. The second kappa shape index (κ2) is 17.5. The third-order valence-corrected chi connectivity index (χ3v) is 8.54. The maximum absolute atomic E-state index is 12.0. The molecule has 0 bridgehead atoms. The van der Waals surface area contributed by atoms with E-state index in [4.69, 9.17) is 16.2 Å². The standard InChI is InChI=1S/C35H48N5O4/c36-35-38-21-19-32(40-35)30(24-34(43)44)31(39-33-14-8-20-37-33)18-17-26(11-7-13-29(42)12-3-1-2-6-22-41)28-16-15-25-9-4-5-10-27(25)23-28/h4-5,8-10,14-16,20,23-24,26,29,31-32,37,41-42H,1-3,6-7,11-13,17-19,21-22H2,(H,43,44)(H3,36,38,40)/q-1. The lowest BCUT2D eigenvalue weighted by molar-refractivity contribution is -0.131. The van der Waals surface area contributed by atoms with Crippen LogP contribution < -0.4 is 11.1 Å². The fourth-order valence-electron chi connectivity index (χ4n) is 6.19. The predicted molar refractivity (Wildman–Crippen MR) is 177 cm³/mol. The second-order valence-corrected chi connectivity index (χ2v) is 11.8. The van der Waals surface area contributed by atoms with E-state index in [1.54, 1.807) is 0 Å². The van der Waals surface area contributed by atoms with E-state index in [9.17, 15) is 15.0 Å². The average molecular weight is 603 g/mol. The summed E-state index contributed by atoms with van der Waals surface area (Å²) in [6.07, 6.45) is 12.0. The van der Waals surface area contributed by atoms with Gasteiger partial charge in [-0.1, -0.05) is 92.3 Å². The number of hydrogen-bond donors (Lipinski definition) is 6. The van der Waals surface area contributed by atoms with Crippen LogP contribution in [0.15, 0.2) is 77.4 Å². The number of benzene rings is 2. The normalized spacial score (nSPS) is 17.5. The number of aliphatic hydroxyl groups excluding tert-OH is 2. The molecule has 1 aliphatic rings. The minimum atomic E-state index is -1.01. The summed E-state index contributed by atoms with van der Waals surface area (Å²) in [5.41, 5.74) is 7.94. The zero-order valence-electron chi connectivity index (χ0n) is 25.6. The first-order valence-electron chi connectivity index (χ1n) is 16.1. The molecule has 3 aromatic rings. The van der Waals surface area contributed by atoms with E-state index < -0.39 is 5.97 Å². The van der Waals surface area contributed by atoms with Crippen LogP contribution in [-0.2, 0) is 4.79 Å². The highest BCUT2D eigenvalue weighted by Crippen LogP contribution is 2.35. The Balaban J connectivity index is 1.51. The molecular weight excluding hydrogens is 554 g/mol. The summed E-state index contributed by atoms with van der Waals surface area (Å²) < 4.78 is 0. The Labute approximate surface area is 260 Å². The molecule has 4 unspecified atom stereocenters. The van der Waals surface area contributed by atoms with Gasteiger partial charge < -0.3 is 36.7 Å². The van der Waals surface area contributed by atoms with Crippen molar-refractivity contribution in [2.24, 2.45) is 10.7 Å². The van der Waals surface area contributed by atoms with Gasteiger partial charge in [0.05, 0.1) is 12.1 Å². The minimum Gasteiger partial charge on any atom is -0.478 e. The molecule has 7 N–H and O–H groups in total. The lowest BCUT2D eigenvalue weighted by Crippen LogP contribution is -2.46. The van der Waals surface area contributed by atoms with Gasteiger partial charge in [0.2, 0.25) is 0 Å². The molecule has 0 radical (unpaired) electrons. The van der Waals surface area contributed by atoms with E-state index >= 15 is 0 Å². The van der Waals surface area contributed by atoms with Crippen molar-refractivity contribution in [2.75, 3.05) is 13.2 Å². The van der Waals surface area contributed by atoms with Gasteiger partial charge in [0.1, 0.15) is 0 Å². The molecule has 1 aromatic heterocycles. The van der Waals surface area contributed by atoms with E-state index in [2.05, 4.69) is 51.7 Å². The molecule has 238 valence electrons. The summed E-state index contributed by atoms with van der Waals surface area (Å²) >= 11 is 0. The minimum absolute atomic E-state index is 0.217. The Hall–Kier alpha value is -3.82. The van der Waals surface area contributed by atoms with Gasteiger partial charge in [-0.25, -0.2) is 4.79 Å².